The van der Waals surface area contributed by atoms with Crippen LogP contribution in [0.2, 0.25) is 10.0 Å². The van der Waals surface area contributed by atoms with E-state index in [4.69, 9.17) is 33.5 Å². The van der Waals surface area contributed by atoms with Crippen molar-refractivity contribution in [2.75, 3.05) is 6.54 Å². The minimum Gasteiger partial charge on any atom is -0.334 e. The molecule has 1 heterocycles. The summed E-state index contributed by atoms with van der Waals surface area (Å²) in [5.74, 6) is 1.01. The summed E-state index contributed by atoms with van der Waals surface area (Å²) in [5, 5.41) is 4.91. The summed E-state index contributed by atoms with van der Waals surface area (Å²) in [4.78, 5) is 4.26. The number of hydrogen-bond acceptors (Lipinski definition) is 4. The van der Waals surface area contributed by atoms with Crippen molar-refractivity contribution in [3.63, 3.8) is 0 Å². The Balaban J connectivity index is 2.37. The largest absolute Gasteiger partial charge is 0.334 e. The molecule has 6 heteroatoms. The van der Waals surface area contributed by atoms with Gasteiger partial charge in [0.1, 0.15) is 0 Å². The second-order valence-corrected chi connectivity index (χ2v) is 4.56. The fraction of sp³-hybridized carbons (Fsp3) is 0.273. The van der Waals surface area contributed by atoms with Crippen LogP contribution in [-0.4, -0.2) is 16.7 Å². The van der Waals surface area contributed by atoms with Gasteiger partial charge in [-0.3, -0.25) is 0 Å². The molecular formula is C11H11Cl2N3O. The second-order valence-electron chi connectivity index (χ2n) is 3.72. The number of nitrogens with two attached hydrogens (primary N) is 1. The third kappa shape index (κ3) is 2.60. The minimum atomic E-state index is 0.0542. The molecule has 90 valence electrons. The van der Waals surface area contributed by atoms with Gasteiger partial charge in [-0.2, -0.15) is 4.98 Å². The lowest BCUT2D eigenvalue weighted by atomic mass is 10.2. The highest BCUT2D eigenvalue weighted by molar-refractivity contribution is 6.36. The van der Waals surface area contributed by atoms with Crippen molar-refractivity contribution in [1.82, 2.24) is 10.1 Å². The van der Waals surface area contributed by atoms with Gasteiger partial charge in [-0.05, 0) is 18.2 Å². The van der Waals surface area contributed by atoms with Crippen molar-refractivity contribution in [3.05, 3.63) is 34.1 Å². The Bertz CT molecular complexity index is 527. The van der Waals surface area contributed by atoms with Crippen LogP contribution in [0.3, 0.4) is 0 Å². The Labute approximate surface area is 109 Å². The highest BCUT2D eigenvalue weighted by Crippen LogP contribution is 2.29. The fourth-order valence-electron chi connectivity index (χ4n) is 1.31. The van der Waals surface area contributed by atoms with E-state index in [1.54, 1.807) is 18.2 Å². The van der Waals surface area contributed by atoms with E-state index in [1.165, 1.54) is 0 Å². The van der Waals surface area contributed by atoms with Crippen LogP contribution in [0.4, 0.5) is 0 Å². The fourth-order valence-corrected chi connectivity index (χ4v) is 1.80. The molecule has 0 spiro atoms. The summed E-state index contributed by atoms with van der Waals surface area (Å²) in [6.07, 6.45) is 0. The zero-order valence-electron chi connectivity index (χ0n) is 9.15. The molecule has 17 heavy (non-hydrogen) atoms. The van der Waals surface area contributed by atoms with E-state index in [-0.39, 0.29) is 5.92 Å². The standard InChI is InChI=1S/C11H11Cl2N3O/c1-6(5-14)10-15-11(17-16-10)8-3-2-7(12)4-9(8)13/h2-4,6H,5,14H2,1H3. The van der Waals surface area contributed by atoms with Gasteiger partial charge in [0, 0.05) is 17.5 Å². The summed E-state index contributed by atoms with van der Waals surface area (Å²) in [5.41, 5.74) is 6.20. The van der Waals surface area contributed by atoms with E-state index in [1.807, 2.05) is 6.92 Å². The van der Waals surface area contributed by atoms with Crippen LogP contribution >= 0.6 is 23.2 Å². The van der Waals surface area contributed by atoms with Gasteiger partial charge in [0.25, 0.3) is 5.89 Å². The number of halogens is 2. The monoisotopic (exact) mass is 271 g/mol. The number of hydrogen-bond donors (Lipinski definition) is 1. The molecule has 2 rings (SSSR count). The summed E-state index contributed by atoms with van der Waals surface area (Å²) < 4.78 is 5.15. The molecule has 0 aliphatic carbocycles. The molecule has 2 aromatic rings. The molecule has 0 aliphatic heterocycles. The first-order chi connectivity index (χ1) is 8.11. The van der Waals surface area contributed by atoms with E-state index in [2.05, 4.69) is 10.1 Å². The lowest BCUT2D eigenvalue weighted by molar-refractivity contribution is 0.418. The van der Waals surface area contributed by atoms with Crippen molar-refractivity contribution < 1.29 is 4.52 Å². The lowest BCUT2D eigenvalue weighted by Crippen LogP contribution is -2.10. The van der Waals surface area contributed by atoms with Crippen molar-refractivity contribution in [2.24, 2.45) is 5.73 Å². The minimum absolute atomic E-state index is 0.0542. The predicted molar refractivity (Wildman–Crippen MR) is 67.2 cm³/mol. The highest BCUT2D eigenvalue weighted by Gasteiger charge is 2.15. The Hall–Kier alpha value is -1.10. The van der Waals surface area contributed by atoms with Gasteiger partial charge in [0.15, 0.2) is 5.82 Å². The summed E-state index contributed by atoms with van der Waals surface area (Å²) in [7, 11) is 0. The number of aromatic nitrogens is 2. The SMILES string of the molecule is CC(CN)c1noc(-c2ccc(Cl)cc2Cl)n1. The summed E-state index contributed by atoms with van der Waals surface area (Å²) in [6, 6.07) is 5.10. The number of rotatable bonds is 3. The molecule has 0 bridgehead atoms. The normalized spacial score (nSPS) is 12.7. The Morgan fingerprint density at radius 2 is 2.18 bits per heavy atom. The third-order valence-electron chi connectivity index (χ3n) is 2.40. The molecular weight excluding hydrogens is 261 g/mol. The van der Waals surface area contributed by atoms with Crippen LogP contribution in [0.25, 0.3) is 11.5 Å². The average Bonchev–Trinajstić information content (AvgIpc) is 2.77. The summed E-state index contributed by atoms with van der Waals surface area (Å²) in [6.45, 7) is 2.39. The van der Waals surface area contributed by atoms with Gasteiger partial charge >= 0.3 is 0 Å². The van der Waals surface area contributed by atoms with Crippen molar-refractivity contribution in [1.29, 1.82) is 0 Å². The Morgan fingerprint density at radius 3 is 2.82 bits per heavy atom. The van der Waals surface area contributed by atoms with Crippen LogP contribution in [0.1, 0.15) is 18.7 Å². The van der Waals surface area contributed by atoms with Gasteiger partial charge in [-0.15, -0.1) is 0 Å². The maximum Gasteiger partial charge on any atom is 0.259 e. The topological polar surface area (TPSA) is 64.9 Å². The molecule has 1 aromatic carbocycles. The third-order valence-corrected chi connectivity index (χ3v) is 2.95. The van der Waals surface area contributed by atoms with E-state index >= 15 is 0 Å². The molecule has 0 amide bonds. The van der Waals surface area contributed by atoms with Crippen LogP contribution in [0.5, 0.6) is 0 Å². The zero-order chi connectivity index (χ0) is 12.4. The molecule has 1 aromatic heterocycles. The van der Waals surface area contributed by atoms with Gasteiger partial charge in [-0.1, -0.05) is 35.3 Å². The highest BCUT2D eigenvalue weighted by atomic mass is 35.5. The lowest BCUT2D eigenvalue weighted by Gasteiger charge is -2.00. The van der Waals surface area contributed by atoms with Crippen molar-refractivity contribution >= 4 is 23.2 Å². The molecule has 0 aliphatic rings. The van der Waals surface area contributed by atoms with Gasteiger partial charge in [-0.25, -0.2) is 0 Å². The Kier molecular flexibility index (Phi) is 3.66. The zero-order valence-corrected chi connectivity index (χ0v) is 10.7. The quantitative estimate of drug-likeness (QED) is 0.932. The first-order valence-electron chi connectivity index (χ1n) is 5.11. The molecule has 0 saturated heterocycles. The predicted octanol–water partition coefficient (Wildman–Crippen LogP) is 3.11. The smallest absolute Gasteiger partial charge is 0.259 e. The van der Waals surface area contributed by atoms with Crippen LogP contribution < -0.4 is 5.73 Å². The number of benzene rings is 1. The molecule has 0 fully saturated rings. The molecule has 0 saturated carbocycles. The first-order valence-corrected chi connectivity index (χ1v) is 5.86. The molecule has 1 atom stereocenters. The molecule has 0 radical (unpaired) electrons. The second kappa shape index (κ2) is 5.04. The first kappa shape index (κ1) is 12.4. The van der Waals surface area contributed by atoms with Gasteiger partial charge < -0.3 is 10.3 Å². The molecule has 2 N–H and O–H groups in total. The summed E-state index contributed by atoms with van der Waals surface area (Å²) >= 11 is 11.9. The van der Waals surface area contributed by atoms with Crippen LogP contribution in [-0.2, 0) is 0 Å². The maximum absolute atomic E-state index is 6.05. The molecule has 1 unspecified atom stereocenters. The van der Waals surface area contributed by atoms with E-state index in [9.17, 15) is 0 Å². The van der Waals surface area contributed by atoms with Gasteiger partial charge in [0.05, 0.1) is 10.6 Å². The average molecular weight is 272 g/mol. The molecule has 4 nitrogen and oxygen atoms in total. The van der Waals surface area contributed by atoms with Crippen molar-refractivity contribution in [3.8, 4) is 11.5 Å². The van der Waals surface area contributed by atoms with Crippen LogP contribution in [0, 0.1) is 0 Å². The van der Waals surface area contributed by atoms with E-state index in [0.717, 1.165) is 0 Å². The number of nitrogens with zero attached hydrogens (tertiary/aromatic N) is 2. The Morgan fingerprint density at radius 1 is 1.41 bits per heavy atom. The van der Waals surface area contributed by atoms with Crippen molar-refractivity contribution in [2.45, 2.75) is 12.8 Å². The van der Waals surface area contributed by atoms with Crippen LogP contribution in [0.15, 0.2) is 22.7 Å². The van der Waals surface area contributed by atoms with E-state index < -0.39 is 0 Å². The maximum atomic E-state index is 6.05. The van der Waals surface area contributed by atoms with Gasteiger partial charge in [0.2, 0.25) is 0 Å². The van der Waals surface area contributed by atoms with E-state index in [0.29, 0.717) is 33.9 Å².